The summed E-state index contributed by atoms with van der Waals surface area (Å²) >= 11 is 0. The van der Waals surface area contributed by atoms with Crippen molar-refractivity contribution in [2.45, 2.75) is 6.30 Å². The topological polar surface area (TPSA) is 37.8 Å². The van der Waals surface area contributed by atoms with E-state index in [9.17, 15) is 13.2 Å². The van der Waals surface area contributed by atoms with E-state index in [-0.39, 0.29) is 5.82 Å². The summed E-state index contributed by atoms with van der Waals surface area (Å²) in [5.41, 5.74) is 0.472. The maximum absolute atomic E-state index is 12.1. The van der Waals surface area contributed by atoms with Gasteiger partial charge in [0.05, 0.1) is 5.52 Å². The molecule has 0 amide bonds. The van der Waals surface area contributed by atoms with E-state index in [0.29, 0.717) is 10.9 Å². The Morgan fingerprint density at radius 1 is 1.07 bits per heavy atom. The molecule has 0 radical (unpaired) electrons. The van der Waals surface area contributed by atoms with E-state index in [0.717, 1.165) is 6.33 Å². The van der Waals surface area contributed by atoms with E-state index < -0.39 is 6.30 Å². The number of fused-ring (bicyclic) bond motifs is 1. The first-order chi connectivity index (χ1) is 7.06. The fourth-order valence-corrected chi connectivity index (χ4v) is 1.24. The van der Waals surface area contributed by atoms with Gasteiger partial charge in [0.2, 0.25) is 0 Å². The summed E-state index contributed by atoms with van der Waals surface area (Å²) in [4.78, 5) is 7.40. The molecular weight excluding hydrogens is 207 g/mol. The summed E-state index contributed by atoms with van der Waals surface area (Å²) in [5, 5.41) is 1.72. The van der Waals surface area contributed by atoms with Crippen molar-refractivity contribution in [2.75, 3.05) is 5.32 Å². The molecule has 0 aliphatic carbocycles. The van der Waals surface area contributed by atoms with E-state index in [4.69, 9.17) is 0 Å². The van der Waals surface area contributed by atoms with Gasteiger partial charge in [-0.05, 0) is 12.1 Å². The van der Waals surface area contributed by atoms with Gasteiger partial charge in [-0.15, -0.1) is 0 Å². The second kappa shape index (κ2) is 3.38. The lowest BCUT2D eigenvalue weighted by molar-refractivity contribution is -0.100. The van der Waals surface area contributed by atoms with Crippen LogP contribution in [0.5, 0.6) is 0 Å². The lowest BCUT2D eigenvalue weighted by Crippen LogP contribution is -2.21. The minimum absolute atomic E-state index is 0.229. The van der Waals surface area contributed by atoms with Crippen LogP contribution in [0.25, 0.3) is 10.9 Å². The predicted molar refractivity (Wildman–Crippen MR) is 49.2 cm³/mol. The number of alkyl halides is 3. The van der Waals surface area contributed by atoms with Gasteiger partial charge in [-0.25, -0.2) is 9.97 Å². The molecule has 2 rings (SSSR count). The highest BCUT2D eigenvalue weighted by atomic mass is 19.4. The van der Waals surface area contributed by atoms with Crippen LogP contribution in [-0.2, 0) is 0 Å². The van der Waals surface area contributed by atoms with Gasteiger partial charge in [0.15, 0.2) is 0 Å². The van der Waals surface area contributed by atoms with E-state index in [2.05, 4.69) is 9.97 Å². The molecule has 3 nitrogen and oxygen atoms in total. The van der Waals surface area contributed by atoms with Crippen molar-refractivity contribution in [2.24, 2.45) is 0 Å². The molecule has 0 aliphatic rings. The smallest absolute Gasteiger partial charge is 0.281 e. The molecule has 1 N–H and O–H groups in total. The third kappa shape index (κ3) is 2.15. The highest BCUT2D eigenvalue weighted by Crippen LogP contribution is 2.24. The van der Waals surface area contributed by atoms with Crippen LogP contribution in [0.15, 0.2) is 30.6 Å². The Hall–Kier alpha value is -1.85. The fourth-order valence-electron chi connectivity index (χ4n) is 1.24. The zero-order valence-electron chi connectivity index (χ0n) is 7.42. The largest absolute Gasteiger partial charge is 0.483 e. The molecule has 0 unspecified atom stereocenters. The highest BCUT2D eigenvalue weighted by Gasteiger charge is 2.28. The molecule has 0 atom stereocenters. The van der Waals surface area contributed by atoms with Crippen molar-refractivity contribution in [3.63, 3.8) is 0 Å². The molecule has 1 aromatic heterocycles. The van der Waals surface area contributed by atoms with Gasteiger partial charge in [-0.1, -0.05) is 12.1 Å². The van der Waals surface area contributed by atoms with Gasteiger partial charge in [-0.2, -0.15) is 13.2 Å². The van der Waals surface area contributed by atoms with E-state index in [1.807, 2.05) is 0 Å². The number of para-hydroxylation sites is 1. The first-order valence-corrected chi connectivity index (χ1v) is 4.11. The average molecular weight is 213 g/mol. The molecule has 78 valence electrons. The van der Waals surface area contributed by atoms with Crippen LogP contribution in [0.1, 0.15) is 0 Å². The lowest BCUT2D eigenvalue weighted by atomic mass is 10.2. The summed E-state index contributed by atoms with van der Waals surface area (Å²) < 4.78 is 36.3. The number of rotatable bonds is 1. The average Bonchev–Trinajstić information content (AvgIpc) is 2.16. The molecule has 6 heteroatoms. The molecule has 0 saturated heterocycles. The zero-order chi connectivity index (χ0) is 10.9. The fraction of sp³-hybridized carbons (Fsp3) is 0.111. The van der Waals surface area contributed by atoms with E-state index in [1.54, 1.807) is 18.2 Å². The lowest BCUT2D eigenvalue weighted by Gasteiger charge is -2.10. The minimum Gasteiger partial charge on any atom is -0.281 e. The number of hydrogen-bond donors (Lipinski definition) is 1. The van der Waals surface area contributed by atoms with Crippen molar-refractivity contribution in [1.29, 1.82) is 0 Å². The first-order valence-electron chi connectivity index (χ1n) is 4.11. The monoisotopic (exact) mass is 213 g/mol. The highest BCUT2D eigenvalue weighted by molar-refractivity contribution is 5.88. The van der Waals surface area contributed by atoms with Crippen molar-refractivity contribution >= 4 is 16.7 Å². The quantitative estimate of drug-likeness (QED) is 0.740. The van der Waals surface area contributed by atoms with Crippen molar-refractivity contribution in [3.8, 4) is 0 Å². The Balaban J connectivity index is 2.52. The van der Waals surface area contributed by atoms with Gasteiger partial charge in [0.25, 0.3) is 0 Å². The molecular formula is C9H6F3N3. The normalized spacial score (nSPS) is 11.7. The third-order valence-corrected chi connectivity index (χ3v) is 1.80. The molecule has 1 aromatic carbocycles. The van der Waals surface area contributed by atoms with Gasteiger partial charge in [0, 0.05) is 5.39 Å². The van der Waals surface area contributed by atoms with E-state index in [1.165, 1.54) is 11.4 Å². The number of aromatic nitrogens is 2. The number of halogens is 3. The number of nitrogens with zero attached hydrogens (tertiary/aromatic N) is 2. The first kappa shape index (κ1) is 9.70. The Bertz CT molecular complexity index is 476. The second-order valence-electron chi connectivity index (χ2n) is 2.86. The standard InChI is InChI=1S/C9H6F3N3/c10-9(11,12)15-8-6-3-1-2-4-7(6)13-5-14-8/h1-5H,(H,13,14,15). The summed E-state index contributed by atoms with van der Waals surface area (Å²) in [6.07, 6.45) is -3.40. The number of anilines is 1. The van der Waals surface area contributed by atoms with Gasteiger partial charge >= 0.3 is 6.30 Å². The summed E-state index contributed by atoms with van der Waals surface area (Å²) in [6, 6.07) is 6.49. The molecule has 0 spiro atoms. The SMILES string of the molecule is FC(F)(F)Nc1ncnc2ccccc12. The van der Waals surface area contributed by atoms with Gasteiger partial charge in [-0.3, -0.25) is 5.32 Å². The van der Waals surface area contributed by atoms with Crippen LogP contribution in [0.3, 0.4) is 0 Å². The second-order valence-corrected chi connectivity index (χ2v) is 2.86. The molecule has 2 aromatic rings. The van der Waals surface area contributed by atoms with Crippen molar-refractivity contribution in [1.82, 2.24) is 9.97 Å². The van der Waals surface area contributed by atoms with Crippen molar-refractivity contribution < 1.29 is 13.2 Å². The zero-order valence-corrected chi connectivity index (χ0v) is 7.42. The van der Waals surface area contributed by atoms with Crippen LogP contribution in [0, 0.1) is 0 Å². The number of benzene rings is 1. The number of hydrogen-bond acceptors (Lipinski definition) is 3. The van der Waals surface area contributed by atoms with Crippen LogP contribution >= 0.6 is 0 Å². The Morgan fingerprint density at radius 2 is 1.80 bits per heavy atom. The predicted octanol–water partition coefficient (Wildman–Crippen LogP) is 2.56. The van der Waals surface area contributed by atoms with Crippen LogP contribution < -0.4 is 5.32 Å². The molecule has 0 saturated carbocycles. The summed E-state index contributed by atoms with van der Waals surface area (Å²) in [6.45, 7) is 0. The molecule has 0 aliphatic heterocycles. The molecule has 0 fully saturated rings. The Labute approximate surface area is 83.0 Å². The molecule has 0 bridgehead atoms. The Kier molecular flexibility index (Phi) is 2.18. The summed E-state index contributed by atoms with van der Waals surface area (Å²) in [5.74, 6) is -0.229. The van der Waals surface area contributed by atoms with Gasteiger partial charge < -0.3 is 0 Å². The van der Waals surface area contributed by atoms with Crippen LogP contribution in [0.2, 0.25) is 0 Å². The van der Waals surface area contributed by atoms with E-state index >= 15 is 0 Å². The summed E-state index contributed by atoms with van der Waals surface area (Å²) in [7, 11) is 0. The maximum atomic E-state index is 12.1. The molecule has 15 heavy (non-hydrogen) atoms. The minimum atomic E-state index is -4.49. The Morgan fingerprint density at radius 3 is 2.53 bits per heavy atom. The maximum Gasteiger partial charge on any atom is 0.483 e. The van der Waals surface area contributed by atoms with Crippen LogP contribution in [-0.4, -0.2) is 16.3 Å². The van der Waals surface area contributed by atoms with Crippen LogP contribution in [0.4, 0.5) is 19.0 Å². The third-order valence-electron chi connectivity index (χ3n) is 1.80. The van der Waals surface area contributed by atoms with Gasteiger partial charge in [0.1, 0.15) is 12.1 Å². The number of nitrogens with one attached hydrogen (secondary N) is 1. The van der Waals surface area contributed by atoms with Crippen molar-refractivity contribution in [3.05, 3.63) is 30.6 Å². The molecule has 1 heterocycles.